The van der Waals surface area contributed by atoms with Crippen LogP contribution in [0.5, 0.6) is 0 Å². The second-order valence-corrected chi connectivity index (χ2v) is 2.48. The average Bonchev–Trinajstić information content (AvgIpc) is 1.87. The molecule has 0 aliphatic carbocycles. The van der Waals surface area contributed by atoms with Crippen LogP contribution in [0.25, 0.3) is 0 Å². The molecule has 0 heterocycles. The molecule has 1 nitrogen and oxygen atoms in total. The summed E-state index contributed by atoms with van der Waals surface area (Å²) < 4.78 is 0.986. The number of nitrogens with zero attached hydrogens (tertiary/aromatic N) is 1. The van der Waals surface area contributed by atoms with Crippen LogP contribution in [0.2, 0.25) is 0 Å². The van der Waals surface area contributed by atoms with Gasteiger partial charge in [-0.15, -0.1) is 0 Å². The minimum atomic E-state index is 0.986. The normalized spacial score (nSPS) is 13.7. The lowest BCUT2D eigenvalue weighted by molar-refractivity contribution is 1.46. The Morgan fingerprint density at radius 3 is 2.56 bits per heavy atom. The van der Waals surface area contributed by atoms with E-state index in [1.54, 1.807) is 19.3 Å². The minimum absolute atomic E-state index is 0.986. The van der Waals surface area contributed by atoms with Crippen LogP contribution in [-0.4, -0.2) is 13.3 Å². The summed E-state index contributed by atoms with van der Waals surface area (Å²) in [6.45, 7) is 5.59. The Balaban J connectivity index is 4.27. The third-order valence-corrected chi connectivity index (χ3v) is 1.76. The van der Waals surface area contributed by atoms with Crippen LogP contribution in [0.3, 0.4) is 0 Å². The van der Waals surface area contributed by atoms with Crippen LogP contribution in [0.4, 0.5) is 0 Å². The molecule has 0 unspecified atom stereocenters. The molecule has 0 aliphatic rings. The van der Waals surface area contributed by atoms with Gasteiger partial charge >= 0.3 is 0 Å². The van der Waals surface area contributed by atoms with Gasteiger partial charge in [-0.25, -0.2) is 0 Å². The van der Waals surface area contributed by atoms with Gasteiger partial charge < -0.3 is 0 Å². The number of hydrogen-bond donors (Lipinski definition) is 0. The maximum Gasteiger partial charge on any atom is 0.0382 e. The van der Waals surface area contributed by atoms with E-state index in [2.05, 4.69) is 27.5 Å². The van der Waals surface area contributed by atoms with E-state index < -0.39 is 0 Å². The summed E-state index contributed by atoms with van der Waals surface area (Å²) in [7, 11) is 1.73. The first kappa shape index (κ1) is 8.63. The second kappa shape index (κ2) is 4.50. The van der Waals surface area contributed by atoms with Gasteiger partial charge in [0, 0.05) is 17.7 Å². The van der Waals surface area contributed by atoms with E-state index >= 15 is 0 Å². The molecule has 0 rings (SSSR count). The first-order chi connectivity index (χ1) is 4.22. The summed E-state index contributed by atoms with van der Waals surface area (Å²) in [6, 6.07) is 0. The Kier molecular flexibility index (Phi) is 4.32. The van der Waals surface area contributed by atoms with E-state index in [9.17, 15) is 0 Å². The van der Waals surface area contributed by atoms with Crippen molar-refractivity contribution in [3.05, 3.63) is 22.7 Å². The molecule has 0 amide bonds. The number of aliphatic imine (C=N–C) groups is 1. The Bertz CT molecular complexity index is 156. The zero-order chi connectivity index (χ0) is 7.28. The molecule has 0 bridgehead atoms. The number of halogens is 1. The Hall–Kier alpha value is -0.370. The summed E-state index contributed by atoms with van der Waals surface area (Å²) in [5, 5.41) is 0. The molecular formula is C7H10BrN. The van der Waals surface area contributed by atoms with Crippen molar-refractivity contribution < 1.29 is 0 Å². The van der Waals surface area contributed by atoms with Crippen molar-refractivity contribution in [2.75, 3.05) is 7.05 Å². The van der Waals surface area contributed by atoms with Gasteiger partial charge in [0.25, 0.3) is 0 Å². The SMILES string of the molecule is C=C/C(C)=C(/Br)C=NC. The molecule has 0 spiro atoms. The summed E-state index contributed by atoms with van der Waals surface area (Å²) in [5.41, 5.74) is 1.10. The third kappa shape index (κ3) is 3.25. The monoisotopic (exact) mass is 187 g/mol. The van der Waals surface area contributed by atoms with Gasteiger partial charge in [-0.3, -0.25) is 4.99 Å². The van der Waals surface area contributed by atoms with E-state index in [1.807, 2.05) is 6.92 Å². The van der Waals surface area contributed by atoms with Crippen LogP contribution in [-0.2, 0) is 0 Å². The lowest BCUT2D eigenvalue weighted by atomic mass is 10.3. The van der Waals surface area contributed by atoms with Crippen molar-refractivity contribution in [1.82, 2.24) is 0 Å². The highest BCUT2D eigenvalue weighted by Gasteiger charge is 1.87. The van der Waals surface area contributed by atoms with Crippen LogP contribution >= 0.6 is 15.9 Å². The fourth-order valence-corrected chi connectivity index (χ4v) is 0.679. The van der Waals surface area contributed by atoms with Crippen molar-refractivity contribution in [1.29, 1.82) is 0 Å². The molecule has 50 valence electrons. The van der Waals surface area contributed by atoms with Crippen LogP contribution in [0, 0.1) is 0 Å². The number of rotatable bonds is 2. The van der Waals surface area contributed by atoms with Gasteiger partial charge in [0.15, 0.2) is 0 Å². The molecule has 0 aromatic carbocycles. The molecule has 0 saturated carbocycles. The summed E-state index contributed by atoms with van der Waals surface area (Å²) >= 11 is 3.32. The third-order valence-electron chi connectivity index (χ3n) is 0.925. The molecule has 0 fully saturated rings. The molecular weight excluding hydrogens is 178 g/mol. The average molecular weight is 188 g/mol. The molecule has 0 saturated heterocycles. The zero-order valence-electron chi connectivity index (χ0n) is 5.69. The van der Waals surface area contributed by atoms with Gasteiger partial charge in [0.05, 0.1) is 0 Å². The molecule has 0 N–H and O–H groups in total. The molecule has 0 radical (unpaired) electrons. The summed E-state index contributed by atoms with van der Waals surface area (Å²) in [4.78, 5) is 3.83. The molecule has 9 heavy (non-hydrogen) atoms. The number of allylic oxidation sites excluding steroid dienone is 3. The first-order valence-electron chi connectivity index (χ1n) is 2.63. The smallest absolute Gasteiger partial charge is 0.0382 e. The lowest BCUT2D eigenvalue weighted by Crippen LogP contribution is -1.76. The second-order valence-electron chi connectivity index (χ2n) is 1.62. The molecule has 0 aromatic rings. The lowest BCUT2D eigenvalue weighted by Gasteiger charge is -1.90. The maximum atomic E-state index is 3.83. The predicted molar refractivity (Wildman–Crippen MR) is 46.2 cm³/mol. The van der Waals surface area contributed by atoms with Crippen molar-refractivity contribution in [3.63, 3.8) is 0 Å². The van der Waals surface area contributed by atoms with Crippen LogP contribution in [0.15, 0.2) is 27.7 Å². The van der Waals surface area contributed by atoms with Gasteiger partial charge in [-0.05, 0) is 28.4 Å². The summed E-state index contributed by atoms with van der Waals surface area (Å²) in [6.07, 6.45) is 3.53. The quantitative estimate of drug-likeness (QED) is 0.466. The van der Waals surface area contributed by atoms with E-state index in [0.717, 1.165) is 10.1 Å². The van der Waals surface area contributed by atoms with E-state index in [0.29, 0.717) is 0 Å². The fraction of sp³-hybridized carbons (Fsp3) is 0.286. The van der Waals surface area contributed by atoms with Gasteiger partial charge in [-0.1, -0.05) is 12.7 Å². The van der Waals surface area contributed by atoms with Crippen LogP contribution in [0.1, 0.15) is 6.92 Å². The van der Waals surface area contributed by atoms with Crippen LogP contribution < -0.4 is 0 Å². The standard InChI is InChI=1S/C7H10BrN/c1-4-6(2)7(8)5-9-3/h4-5H,1H2,2-3H3/b7-6+,9-5?. The Morgan fingerprint density at radius 1 is 1.67 bits per heavy atom. The van der Waals surface area contributed by atoms with Crippen molar-refractivity contribution in [3.8, 4) is 0 Å². The molecule has 0 atom stereocenters. The van der Waals surface area contributed by atoms with E-state index in [-0.39, 0.29) is 0 Å². The Labute approximate surface area is 64.3 Å². The largest absolute Gasteiger partial charge is 0.295 e. The van der Waals surface area contributed by atoms with Gasteiger partial charge in [0.1, 0.15) is 0 Å². The molecule has 0 aliphatic heterocycles. The van der Waals surface area contributed by atoms with Gasteiger partial charge in [0.2, 0.25) is 0 Å². The van der Waals surface area contributed by atoms with Crippen molar-refractivity contribution in [2.45, 2.75) is 6.92 Å². The molecule has 0 aromatic heterocycles. The molecule has 2 heteroatoms. The van der Waals surface area contributed by atoms with Crippen molar-refractivity contribution in [2.24, 2.45) is 4.99 Å². The Morgan fingerprint density at radius 2 is 2.22 bits per heavy atom. The first-order valence-corrected chi connectivity index (χ1v) is 3.42. The van der Waals surface area contributed by atoms with E-state index in [1.165, 1.54) is 0 Å². The minimum Gasteiger partial charge on any atom is -0.295 e. The number of hydrogen-bond acceptors (Lipinski definition) is 1. The highest BCUT2D eigenvalue weighted by atomic mass is 79.9. The zero-order valence-corrected chi connectivity index (χ0v) is 7.27. The van der Waals surface area contributed by atoms with Crippen molar-refractivity contribution >= 4 is 22.1 Å². The van der Waals surface area contributed by atoms with Gasteiger partial charge in [-0.2, -0.15) is 0 Å². The highest BCUT2D eigenvalue weighted by molar-refractivity contribution is 9.12. The fourth-order valence-electron chi connectivity index (χ4n) is 0.313. The maximum absolute atomic E-state index is 3.83. The summed E-state index contributed by atoms with van der Waals surface area (Å²) in [5.74, 6) is 0. The topological polar surface area (TPSA) is 12.4 Å². The highest BCUT2D eigenvalue weighted by Crippen LogP contribution is 2.08. The van der Waals surface area contributed by atoms with E-state index in [4.69, 9.17) is 0 Å². The predicted octanol–water partition coefficient (Wildman–Crippen LogP) is 2.54.